The highest BCUT2D eigenvalue weighted by atomic mass is 19.4. The molecule has 0 aliphatic heterocycles. The quantitative estimate of drug-likeness (QED) is 0.781. The monoisotopic (exact) mass is 303 g/mol. The molecule has 0 aliphatic carbocycles. The summed E-state index contributed by atoms with van der Waals surface area (Å²) in [6.45, 7) is 0. The van der Waals surface area contributed by atoms with E-state index in [0.29, 0.717) is 5.56 Å². The van der Waals surface area contributed by atoms with Gasteiger partial charge in [0.05, 0.1) is 24.0 Å². The lowest BCUT2D eigenvalue weighted by Gasteiger charge is -2.18. The summed E-state index contributed by atoms with van der Waals surface area (Å²) in [5.41, 5.74) is 0.827. The van der Waals surface area contributed by atoms with Gasteiger partial charge >= 0.3 is 6.18 Å². The summed E-state index contributed by atoms with van der Waals surface area (Å²) in [7, 11) is 0. The van der Waals surface area contributed by atoms with Crippen molar-refractivity contribution < 1.29 is 18.0 Å². The molecule has 2 nitrogen and oxygen atoms in total. The molecule has 2 rings (SSSR count). The zero-order chi connectivity index (χ0) is 16.2. The second kappa shape index (κ2) is 6.44. The minimum Gasteiger partial charge on any atom is -0.293 e. The van der Waals surface area contributed by atoms with Crippen LogP contribution in [0.1, 0.15) is 33.8 Å². The topological polar surface area (TPSA) is 40.9 Å². The molecule has 22 heavy (non-hydrogen) atoms. The predicted octanol–water partition coefficient (Wildman–Crippen LogP) is 4.48. The maximum Gasteiger partial charge on any atom is 0.390 e. The van der Waals surface area contributed by atoms with Crippen molar-refractivity contribution in [3.05, 3.63) is 71.3 Å². The summed E-state index contributed by atoms with van der Waals surface area (Å²) in [6, 6.07) is 15.4. The maximum absolute atomic E-state index is 12.8. The van der Waals surface area contributed by atoms with Crippen LogP contribution in [0.2, 0.25) is 0 Å². The van der Waals surface area contributed by atoms with E-state index < -0.39 is 24.3 Å². The summed E-state index contributed by atoms with van der Waals surface area (Å²) in [5.74, 6) is -1.89. The van der Waals surface area contributed by atoms with Crippen LogP contribution in [-0.2, 0) is 0 Å². The van der Waals surface area contributed by atoms with E-state index in [0.717, 1.165) is 0 Å². The van der Waals surface area contributed by atoms with Crippen molar-refractivity contribution in [2.75, 3.05) is 0 Å². The van der Waals surface area contributed by atoms with Crippen molar-refractivity contribution in [2.45, 2.75) is 18.5 Å². The van der Waals surface area contributed by atoms with Gasteiger partial charge in [0.15, 0.2) is 5.78 Å². The Kier molecular flexibility index (Phi) is 4.62. The van der Waals surface area contributed by atoms with Crippen LogP contribution >= 0.6 is 0 Å². The van der Waals surface area contributed by atoms with Gasteiger partial charge in [-0.1, -0.05) is 42.5 Å². The summed E-state index contributed by atoms with van der Waals surface area (Å²) < 4.78 is 38.4. The predicted molar refractivity (Wildman–Crippen MR) is 75.3 cm³/mol. The van der Waals surface area contributed by atoms with Gasteiger partial charge in [0.25, 0.3) is 0 Å². The Hall–Kier alpha value is -2.61. The molecule has 0 heterocycles. The van der Waals surface area contributed by atoms with Gasteiger partial charge in [0.2, 0.25) is 0 Å². The van der Waals surface area contributed by atoms with Gasteiger partial charge in [-0.25, -0.2) is 0 Å². The molecule has 0 aromatic heterocycles. The van der Waals surface area contributed by atoms with E-state index in [1.807, 2.05) is 6.07 Å². The Morgan fingerprint density at radius 2 is 1.64 bits per heavy atom. The molecule has 1 atom stereocenters. The van der Waals surface area contributed by atoms with Gasteiger partial charge in [0, 0.05) is 5.56 Å². The summed E-state index contributed by atoms with van der Waals surface area (Å²) >= 11 is 0. The van der Waals surface area contributed by atoms with Crippen LogP contribution < -0.4 is 0 Å². The third kappa shape index (κ3) is 3.95. The molecule has 0 N–H and O–H groups in total. The zero-order valence-electron chi connectivity index (χ0n) is 11.5. The normalized spacial score (nSPS) is 12.5. The fourth-order valence-corrected chi connectivity index (χ4v) is 2.19. The number of hydrogen-bond acceptors (Lipinski definition) is 2. The molecule has 112 valence electrons. The van der Waals surface area contributed by atoms with Crippen LogP contribution in [0, 0.1) is 11.3 Å². The van der Waals surface area contributed by atoms with Crippen molar-refractivity contribution in [1.29, 1.82) is 5.26 Å². The van der Waals surface area contributed by atoms with E-state index in [4.69, 9.17) is 5.26 Å². The van der Waals surface area contributed by atoms with Crippen molar-refractivity contribution in [1.82, 2.24) is 0 Å². The summed E-state index contributed by atoms with van der Waals surface area (Å²) in [6.07, 6.45) is -5.68. The highest BCUT2D eigenvalue weighted by Crippen LogP contribution is 2.33. The molecule has 0 saturated heterocycles. The Bertz CT molecular complexity index is 685. The number of nitriles is 1. The van der Waals surface area contributed by atoms with Gasteiger partial charge < -0.3 is 0 Å². The molecule has 0 bridgehead atoms. The third-order valence-corrected chi connectivity index (χ3v) is 3.25. The van der Waals surface area contributed by atoms with Crippen LogP contribution in [0.5, 0.6) is 0 Å². The fourth-order valence-electron chi connectivity index (χ4n) is 2.19. The number of ketones is 1. The van der Waals surface area contributed by atoms with E-state index in [-0.39, 0.29) is 11.1 Å². The molecular weight excluding hydrogens is 291 g/mol. The third-order valence-electron chi connectivity index (χ3n) is 3.25. The SMILES string of the molecule is N#Cc1ccc([C@@H](CC(F)(F)F)C(=O)c2ccccc2)cc1. The van der Waals surface area contributed by atoms with Crippen LogP contribution in [0.4, 0.5) is 13.2 Å². The average molecular weight is 303 g/mol. The standard InChI is InChI=1S/C17H12F3NO/c18-17(19,20)10-15(13-8-6-12(11-21)7-9-13)16(22)14-4-2-1-3-5-14/h1-9,15H,10H2/t15-/m1/s1. The summed E-state index contributed by atoms with van der Waals surface area (Å²) in [4.78, 5) is 12.4. The number of carbonyl (C=O) groups is 1. The van der Waals surface area contributed by atoms with Crippen LogP contribution in [0.3, 0.4) is 0 Å². The Morgan fingerprint density at radius 3 is 2.14 bits per heavy atom. The highest BCUT2D eigenvalue weighted by Gasteiger charge is 2.36. The van der Waals surface area contributed by atoms with Gasteiger partial charge in [-0.15, -0.1) is 0 Å². The molecule has 0 spiro atoms. The number of hydrogen-bond donors (Lipinski definition) is 0. The first kappa shape index (κ1) is 15.8. The minimum atomic E-state index is -4.46. The first-order valence-corrected chi connectivity index (χ1v) is 6.57. The first-order valence-electron chi connectivity index (χ1n) is 6.57. The molecular formula is C17H12F3NO. The average Bonchev–Trinajstić information content (AvgIpc) is 2.52. The molecule has 0 fully saturated rings. The number of rotatable bonds is 4. The summed E-state index contributed by atoms with van der Waals surface area (Å²) in [5, 5.41) is 8.74. The Morgan fingerprint density at radius 1 is 1.05 bits per heavy atom. The number of halogens is 3. The first-order chi connectivity index (χ1) is 10.4. The highest BCUT2D eigenvalue weighted by molar-refractivity contribution is 6.01. The van der Waals surface area contributed by atoms with Crippen LogP contribution in [0.15, 0.2) is 54.6 Å². The van der Waals surface area contributed by atoms with Crippen molar-refractivity contribution in [3.8, 4) is 6.07 Å². The van der Waals surface area contributed by atoms with E-state index in [1.54, 1.807) is 18.2 Å². The number of benzene rings is 2. The molecule has 2 aromatic carbocycles. The largest absolute Gasteiger partial charge is 0.390 e. The lowest BCUT2D eigenvalue weighted by molar-refractivity contribution is -0.136. The molecule has 5 heteroatoms. The molecule has 0 unspecified atom stereocenters. The number of Topliss-reactive ketones (excluding diaryl/α,β-unsaturated/α-hetero) is 1. The zero-order valence-corrected chi connectivity index (χ0v) is 11.5. The second-order valence-corrected chi connectivity index (χ2v) is 4.84. The van der Waals surface area contributed by atoms with E-state index in [2.05, 4.69) is 0 Å². The Balaban J connectivity index is 2.38. The lowest BCUT2D eigenvalue weighted by atomic mass is 9.87. The minimum absolute atomic E-state index is 0.237. The smallest absolute Gasteiger partial charge is 0.293 e. The van der Waals surface area contributed by atoms with Gasteiger partial charge in [-0.05, 0) is 17.7 Å². The molecule has 0 amide bonds. The number of carbonyl (C=O) groups excluding carboxylic acids is 1. The van der Waals surface area contributed by atoms with Gasteiger partial charge in [-0.3, -0.25) is 4.79 Å². The van der Waals surface area contributed by atoms with Crippen molar-refractivity contribution in [3.63, 3.8) is 0 Å². The second-order valence-electron chi connectivity index (χ2n) is 4.84. The lowest BCUT2D eigenvalue weighted by Crippen LogP contribution is -2.21. The van der Waals surface area contributed by atoms with E-state index in [9.17, 15) is 18.0 Å². The number of alkyl halides is 3. The Labute approximate surface area is 125 Å². The van der Waals surface area contributed by atoms with E-state index >= 15 is 0 Å². The molecule has 0 radical (unpaired) electrons. The molecule has 0 saturated carbocycles. The maximum atomic E-state index is 12.8. The van der Waals surface area contributed by atoms with E-state index in [1.165, 1.54) is 36.4 Å². The van der Waals surface area contributed by atoms with Crippen LogP contribution in [-0.4, -0.2) is 12.0 Å². The molecule has 0 aliphatic rings. The van der Waals surface area contributed by atoms with Gasteiger partial charge in [0.1, 0.15) is 0 Å². The van der Waals surface area contributed by atoms with Crippen molar-refractivity contribution >= 4 is 5.78 Å². The molecule has 2 aromatic rings. The fraction of sp³-hybridized carbons (Fsp3) is 0.176. The van der Waals surface area contributed by atoms with Gasteiger partial charge in [-0.2, -0.15) is 18.4 Å². The van der Waals surface area contributed by atoms with Crippen molar-refractivity contribution in [2.24, 2.45) is 0 Å². The number of nitrogens with zero attached hydrogens (tertiary/aromatic N) is 1. The van der Waals surface area contributed by atoms with Crippen LogP contribution in [0.25, 0.3) is 0 Å².